The quantitative estimate of drug-likeness (QED) is 0.575. The molecule has 3 aromatic rings. The zero-order valence-electron chi connectivity index (χ0n) is 16.4. The number of rotatable bonds is 7. The van der Waals surface area contributed by atoms with E-state index in [1.54, 1.807) is 30.3 Å². The minimum Gasteiger partial charge on any atom is -0.350 e. The number of benzene rings is 2. The van der Waals surface area contributed by atoms with Crippen LogP contribution >= 0.6 is 0 Å². The number of anilines is 3. The van der Waals surface area contributed by atoms with Gasteiger partial charge in [-0.15, -0.1) is 0 Å². The topological polar surface area (TPSA) is 96.0 Å². The van der Waals surface area contributed by atoms with Gasteiger partial charge in [0, 0.05) is 30.5 Å². The smallest absolute Gasteiger partial charge is 0.270 e. The molecule has 0 saturated heterocycles. The first kappa shape index (κ1) is 20.0. The molecule has 0 unspecified atom stereocenters. The molecule has 0 fully saturated rings. The van der Waals surface area contributed by atoms with Gasteiger partial charge in [0.25, 0.3) is 5.91 Å². The van der Waals surface area contributed by atoms with Gasteiger partial charge in [0.15, 0.2) is 0 Å². The molecule has 0 spiro atoms. The highest BCUT2D eigenvalue weighted by molar-refractivity contribution is 5.92. The van der Waals surface area contributed by atoms with Crippen LogP contribution in [0.4, 0.5) is 17.3 Å². The van der Waals surface area contributed by atoms with E-state index in [2.05, 4.69) is 25.9 Å². The van der Waals surface area contributed by atoms with Gasteiger partial charge in [-0.25, -0.2) is 9.97 Å². The summed E-state index contributed by atoms with van der Waals surface area (Å²) in [6, 6.07) is 18.8. The number of aromatic nitrogens is 2. The normalized spacial score (nSPS) is 10.3. The number of hydrogen-bond donors (Lipinski definition) is 3. The van der Waals surface area contributed by atoms with Crippen molar-refractivity contribution >= 4 is 29.1 Å². The van der Waals surface area contributed by atoms with Crippen molar-refractivity contribution in [2.45, 2.75) is 20.3 Å². The van der Waals surface area contributed by atoms with Gasteiger partial charge in [-0.3, -0.25) is 9.59 Å². The van der Waals surface area contributed by atoms with E-state index in [1.165, 1.54) is 6.92 Å². The van der Waals surface area contributed by atoms with Crippen LogP contribution in [0.25, 0.3) is 0 Å². The second-order valence-corrected chi connectivity index (χ2v) is 6.59. The molecular formula is C22H23N5O2. The van der Waals surface area contributed by atoms with Crippen LogP contribution in [0.15, 0.2) is 60.7 Å². The molecule has 0 aliphatic rings. The Morgan fingerprint density at radius 3 is 2.31 bits per heavy atom. The van der Waals surface area contributed by atoms with Crippen molar-refractivity contribution in [1.82, 2.24) is 15.3 Å². The number of nitrogens with zero attached hydrogens (tertiary/aromatic N) is 2. The van der Waals surface area contributed by atoms with Crippen molar-refractivity contribution in [3.05, 3.63) is 77.6 Å². The van der Waals surface area contributed by atoms with E-state index in [9.17, 15) is 9.59 Å². The standard InChI is InChI=1S/C22H23N5O2/c1-15-14-20(21(29)23-13-12-17-6-4-3-5-7-17)27-22(24-15)26-19-10-8-18(9-11-19)25-16(2)28/h3-11,14H,12-13H2,1-2H3,(H,23,29)(H,25,28)(H,24,26,27). The van der Waals surface area contributed by atoms with Gasteiger partial charge < -0.3 is 16.0 Å². The molecule has 0 aliphatic heterocycles. The molecule has 2 amide bonds. The fourth-order valence-corrected chi connectivity index (χ4v) is 2.77. The lowest BCUT2D eigenvalue weighted by atomic mass is 10.1. The number of carbonyl (C=O) groups is 2. The van der Waals surface area contributed by atoms with Crippen LogP contribution in [0.1, 0.15) is 28.7 Å². The number of hydrogen-bond acceptors (Lipinski definition) is 5. The molecule has 0 radical (unpaired) electrons. The van der Waals surface area contributed by atoms with Crippen LogP contribution in [0, 0.1) is 6.92 Å². The molecule has 3 N–H and O–H groups in total. The third kappa shape index (κ3) is 6.14. The van der Waals surface area contributed by atoms with Crippen LogP contribution < -0.4 is 16.0 Å². The third-order valence-electron chi connectivity index (χ3n) is 4.09. The Bertz CT molecular complexity index is 988. The van der Waals surface area contributed by atoms with Crippen LogP contribution in [-0.2, 0) is 11.2 Å². The highest BCUT2D eigenvalue weighted by atomic mass is 16.2. The minimum absolute atomic E-state index is 0.129. The van der Waals surface area contributed by atoms with Gasteiger partial charge in [-0.05, 0) is 49.2 Å². The lowest BCUT2D eigenvalue weighted by molar-refractivity contribution is -0.114. The molecule has 7 nitrogen and oxygen atoms in total. The summed E-state index contributed by atoms with van der Waals surface area (Å²) in [6.45, 7) is 3.80. The van der Waals surface area contributed by atoms with Crippen molar-refractivity contribution in [3.63, 3.8) is 0 Å². The molecule has 0 bridgehead atoms. The van der Waals surface area contributed by atoms with E-state index < -0.39 is 0 Å². The molecular weight excluding hydrogens is 366 g/mol. The molecule has 0 aliphatic carbocycles. The van der Waals surface area contributed by atoms with E-state index in [-0.39, 0.29) is 11.8 Å². The Hall–Kier alpha value is -3.74. The van der Waals surface area contributed by atoms with Crippen molar-refractivity contribution in [3.8, 4) is 0 Å². The predicted octanol–water partition coefficient (Wildman–Crippen LogP) is 3.46. The maximum atomic E-state index is 12.5. The molecule has 1 aromatic heterocycles. The van der Waals surface area contributed by atoms with Crippen molar-refractivity contribution < 1.29 is 9.59 Å². The van der Waals surface area contributed by atoms with Gasteiger partial charge in [0.05, 0.1) is 0 Å². The Labute approximate surface area is 169 Å². The molecule has 148 valence electrons. The Morgan fingerprint density at radius 2 is 1.62 bits per heavy atom. The predicted molar refractivity (Wildman–Crippen MR) is 113 cm³/mol. The second-order valence-electron chi connectivity index (χ2n) is 6.59. The maximum Gasteiger partial charge on any atom is 0.270 e. The summed E-state index contributed by atoms with van der Waals surface area (Å²) in [7, 11) is 0. The first-order valence-corrected chi connectivity index (χ1v) is 9.32. The van der Waals surface area contributed by atoms with Crippen LogP contribution in [-0.4, -0.2) is 28.3 Å². The molecule has 0 saturated carbocycles. The van der Waals surface area contributed by atoms with Crippen molar-refractivity contribution in [2.75, 3.05) is 17.2 Å². The van der Waals surface area contributed by atoms with Crippen LogP contribution in [0.5, 0.6) is 0 Å². The van der Waals surface area contributed by atoms with Gasteiger partial charge in [-0.2, -0.15) is 0 Å². The summed E-state index contributed by atoms with van der Waals surface area (Å²) < 4.78 is 0. The lowest BCUT2D eigenvalue weighted by Gasteiger charge is -2.10. The summed E-state index contributed by atoms with van der Waals surface area (Å²) in [4.78, 5) is 32.2. The fourth-order valence-electron chi connectivity index (χ4n) is 2.77. The zero-order chi connectivity index (χ0) is 20.6. The average Bonchev–Trinajstić information content (AvgIpc) is 2.69. The molecule has 29 heavy (non-hydrogen) atoms. The van der Waals surface area contributed by atoms with Gasteiger partial charge in [-0.1, -0.05) is 30.3 Å². The fraction of sp³-hybridized carbons (Fsp3) is 0.182. The summed E-state index contributed by atoms with van der Waals surface area (Å²) in [6.07, 6.45) is 0.752. The highest BCUT2D eigenvalue weighted by Gasteiger charge is 2.10. The Balaban J connectivity index is 1.62. The van der Waals surface area contributed by atoms with Crippen molar-refractivity contribution in [2.24, 2.45) is 0 Å². The molecule has 0 atom stereocenters. The molecule has 1 heterocycles. The molecule has 7 heteroatoms. The zero-order valence-corrected chi connectivity index (χ0v) is 16.4. The summed E-state index contributed by atoms with van der Waals surface area (Å²) in [5.41, 5.74) is 3.61. The average molecular weight is 389 g/mol. The van der Waals surface area contributed by atoms with E-state index in [0.717, 1.165) is 17.7 Å². The Morgan fingerprint density at radius 1 is 0.931 bits per heavy atom. The van der Waals surface area contributed by atoms with Crippen molar-refractivity contribution in [1.29, 1.82) is 0 Å². The monoisotopic (exact) mass is 389 g/mol. The summed E-state index contributed by atoms with van der Waals surface area (Å²) >= 11 is 0. The van der Waals surface area contributed by atoms with E-state index in [1.807, 2.05) is 37.3 Å². The summed E-state index contributed by atoms with van der Waals surface area (Å²) in [5.74, 6) is -0.0309. The molecule has 3 rings (SSSR count). The van der Waals surface area contributed by atoms with E-state index >= 15 is 0 Å². The van der Waals surface area contributed by atoms with Gasteiger partial charge >= 0.3 is 0 Å². The highest BCUT2D eigenvalue weighted by Crippen LogP contribution is 2.17. The number of nitrogens with one attached hydrogen (secondary N) is 3. The minimum atomic E-state index is -0.240. The van der Waals surface area contributed by atoms with Crippen LogP contribution in [0.3, 0.4) is 0 Å². The number of carbonyl (C=O) groups excluding carboxylic acids is 2. The van der Waals surface area contributed by atoms with E-state index in [4.69, 9.17) is 0 Å². The van der Waals surface area contributed by atoms with E-state index in [0.29, 0.717) is 29.6 Å². The second kappa shape index (κ2) is 9.45. The first-order valence-electron chi connectivity index (χ1n) is 9.32. The first-order chi connectivity index (χ1) is 14.0. The van der Waals surface area contributed by atoms with Crippen LogP contribution in [0.2, 0.25) is 0 Å². The Kier molecular flexibility index (Phi) is 6.52. The molecule has 2 aromatic carbocycles. The summed E-state index contributed by atoms with van der Waals surface area (Å²) in [5, 5.41) is 8.69. The maximum absolute atomic E-state index is 12.5. The van der Waals surface area contributed by atoms with Gasteiger partial charge in [0.2, 0.25) is 11.9 Å². The lowest BCUT2D eigenvalue weighted by Crippen LogP contribution is -2.27. The van der Waals surface area contributed by atoms with Gasteiger partial charge in [0.1, 0.15) is 5.69 Å². The number of amides is 2. The SMILES string of the molecule is CC(=O)Nc1ccc(Nc2nc(C)cc(C(=O)NCCc3ccccc3)n2)cc1. The third-order valence-corrected chi connectivity index (χ3v) is 4.09. The number of aryl methyl sites for hydroxylation is 1. The largest absolute Gasteiger partial charge is 0.350 e.